The van der Waals surface area contributed by atoms with Gasteiger partial charge in [-0.3, -0.25) is 9.59 Å². The first kappa shape index (κ1) is 19.4. The van der Waals surface area contributed by atoms with Gasteiger partial charge in [0, 0.05) is 46.9 Å². The lowest BCUT2D eigenvalue weighted by Crippen LogP contribution is -2.54. The smallest absolute Gasteiger partial charge is 0.253 e. The minimum Gasteiger partial charge on any atom is -0.338 e. The Bertz CT molecular complexity index is 723. The Kier molecular flexibility index (Phi) is 5.64. The number of benzene rings is 1. The Labute approximate surface area is 174 Å². The molecule has 1 aromatic carbocycles. The van der Waals surface area contributed by atoms with E-state index in [2.05, 4.69) is 4.90 Å². The van der Waals surface area contributed by atoms with Gasteiger partial charge in [0.2, 0.25) is 5.91 Å². The summed E-state index contributed by atoms with van der Waals surface area (Å²) in [5, 5.41) is 0.943. The van der Waals surface area contributed by atoms with Crippen LogP contribution in [0.15, 0.2) is 18.2 Å². The Hall–Kier alpha value is -0.910. The lowest BCUT2D eigenvalue weighted by molar-refractivity contribution is -0.138. The molecule has 1 spiro atoms. The number of hydrogen-bond acceptors (Lipinski definition) is 3. The second-order valence-corrected chi connectivity index (χ2v) is 10.0. The first-order chi connectivity index (χ1) is 13.0. The van der Waals surface area contributed by atoms with Crippen LogP contribution in [-0.2, 0) is 4.79 Å². The fourth-order valence-corrected chi connectivity index (χ4v) is 6.63. The molecule has 3 fully saturated rings. The van der Waals surface area contributed by atoms with E-state index >= 15 is 0 Å². The molecule has 0 aromatic heterocycles. The van der Waals surface area contributed by atoms with E-state index in [-0.39, 0.29) is 16.7 Å². The van der Waals surface area contributed by atoms with Crippen molar-refractivity contribution in [2.45, 2.75) is 43.4 Å². The van der Waals surface area contributed by atoms with Crippen LogP contribution < -0.4 is 0 Å². The molecule has 4 nitrogen and oxygen atoms in total. The second kappa shape index (κ2) is 7.84. The van der Waals surface area contributed by atoms with Crippen LogP contribution in [0.2, 0.25) is 10.0 Å². The number of thioether (sulfide) groups is 1. The number of carbonyl (C=O) groups excluding carboxylic acids is 2. The molecule has 0 unspecified atom stereocenters. The van der Waals surface area contributed by atoms with E-state index < -0.39 is 0 Å². The molecule has 3 aliphatic rings. The van der Waals surface area contributed by atoms with E-state index in [1.807, 2.05) is 16.7 Å². The maximum absolute atomic E-state index is 13.0. The minimum atomic E-state index is -0.123. The van der Waals surface area contributed by atoms with Gasteiger partial charge in [-0.1, -0.05) is 36.0 Å². The maximum atomic E-state index is 13.0. The van der Waals surface area contributed by atoms with Gasteiger partial charge in [0.25, 0.3) is 5.91 Å². The summed E-state index contributed by atoms with van der Waals surface area (Å²) >= 11 is 14.0. The van der Waals surface area contributed by atoms with Crippen molar-refractivity contribution in [3.05, 3.63) is 33.8 Å². The summed E-state index contributed by atoms with van der Waals surface area (Å²) in [6, 6.07) is 4.97. The van der Waals surface area contributed by atoms with Crippen LogP contribution in [-0.4, -0.2) is 51.9 Å². The van der Waals surface area contributed by atoms with Crippen LogP contribution in [0.4, 0.5) is 0 Å². The molecule has 2 aliphatic heterocycles. The number of halogens is 2. The number of nitrogens with zero attached hydrogens (tertiary/aromatic N) is 2. The summed E-state index contributed by atoms with van der Waals surface area (Å²) in [4.78, 5) is 29.8. The van der Waals surface area contributed by atoms with Crippen LogP contribution in [0.5, 0.6) is 0 Å². The van der Waals surface area contributed by atoms with E-state index in [1.54, 1.807) is 18.2 Å². The fourth-order valence-electron chi connectivity index (χ4n) is 4.65. The largest absolute Gasteiger partial charge is 0.338 e. The fraction of sp³-hybridized carbons (Fsp3) is 0.600. The van der Waals surface area contributed by atoms with Crippen molar-refractivity contribution < 1.29 is 9.59 Å². The molecule has 27 heavy (non-hydrogen) atoms. The van der Waals surface area contributed by atoms with Crippen LogP contribution in [0.1, 0.15) is 48.9 Å². The van der Waals surface area contributed by atoms with Crippen molar-refractivity contribution in [1.29, 1.82) is 0 Å². The monoisotopic (exact) mass is 426 g/mol. The van der Waals surface area contributed by atoms with E-state index in [1.165, 1.54) is 12.8 Å². The van der Waals surface area contributed by atoms with Crippen LogP contribution in [0.3, 0.4) is 0 Å². The van der Waals surface area contributed by atoms with Crippen molar-refractivity contribution in [2.75, 3.05) is 25.4 Å². The molecule has 2 heterocycles. The van der Waals surface area contributed by atoms with Gasteiger partial charge in [-0.05, 0) is 43.9 Å². The predicted molar refractivity (Wildman–Crippen MR) is 110 cm³/mol. The molecule has 0 radical (unpaired) electrons. The summed E-state index contributed by atoms with van der Waals surface area (Å²) in [7, 11) is 0. The molecule has 7 heteroatoms. The van der Waals surface area contributed by atoms with Gasteiger partial charge in [-0.2, -0.15) is 0 Å². The molecule has 1 aromatic rings. The number of amides is 2. The Morgan fingerprint density at radius 2 is 1.63 bits per heavy atom. The molecule has 4 rings (SSSR count). The summed E-state index contributed by atoms with van der Waals surface area (Å²) in [6.45, 7) is 2.16. The van der Waals surface area contributed by atoms with Gasteiger partial charge < -0.3 is 9.80 Å². The van der Waals surface area contributed by atoms with Gasteiger partial charge in [-0.25, -0.2) is 0 Å². The first-order valence-corrected chi connectivity index (χ1v) is 11.4. The molecular formula is C20H24Cl2N2O2S. The summed E-state index contributed by atoms with van der Waals surface area (Å²) in [6.07, 6.45) is 6.09. The number of hydrogen-bond donors (Lipinski definition) is 0. The molecular weight excluding hydrogens is 403 g/mol. The SMILES string of the molecule is O=C(c1cc(Cl)cc(Cl)c1)N1CCC2(CC1)SCCN2C(=O)C1CCCC1. The summed E-state index contributed by atoms with van der Waals surface area (Å²) in [5.41, 5.74) is 0.529. The Morgan fingerprint density at radius 3 is 2.26 bits per heavy atom. The molecule has 0 atom stereocenters. The van der Waals surface area contributed by atoms with E-state index in [4.69, 9.17) is 23.2 Å². The quantitative estimate of drug-likeness (QED) is 0.688. The zero-order valence-corrected chi connectivity index (χ0v) is 17.6. The molecule has 146 valence electrons. The minimum absolute atomic E-state index is 0.0362. The molecule has 1 saturated carbocycles. The highest BCUT2D eigenvalue weighted by Crippen LogP contribution is 2.45. The Balaban J connectivity index is 1.44. The second-order valence-electron chi connectivity index (χ2n) is 7.72. The standard InChI is InChI=1S/C20H24Cl2N2O2S/c21-16-11-15(12-17(22)13-16)18(25)23-7-5-20(6-8-23)24(9-10-27-20)19(26)14-3-1-2-4-14/h11-14H,1-10H2. The number of piperidine rings is 1. The van der Waals surface area contributed by atoms with E-state index in [9.17, 15) is 9.59 Å². The van der Waals surface area contributed by atoms with Gasteiger partial charge >= 0.3 is 0 Å². The topological polar surface area (TPSA) is 40.6 Å². The van der Waals surface area contributed by atoms with Crippen molar-refractivity contribution in [3.8, 4) is 0 Å². The average Bonchev–Trinajstić information content (AvgIpc) is 3.31. The van der Waals surface area contributed by atoms with Crippen LogP contribution >= 0.6 is 35.0 Å². The Morgan fingerprint density at radius 1 is 1.00 bits per heavy atom. The third kappa shape index (κ3) is 3.83. The zero-order chi connectivity index (χ0) is 19.0. The van der Waals surface area contributed by atoms with Crippen LogP contribution in [0.25, 0.3) is 0 Å². The van der Waals surface area contributed by atoms with Gasteiger partial charge in [0.05, 0.1) is 4.87 Å². The van der Waals surface area contributed by atoms with Crippen molar-refractivity contribution >= 4 is 46.8 Å². The molecule has 1 aliphatic carbocycles. The van der Waals surface area contributed by atoms with Crippen molar-refractivity contribution in [1.82, 2.24) is 9.80 Å². The van der Waals surface area contributed by atoms with Crippen molar-refractivity contribution in [3.63, 3.8) is 0 Å². The lowest BCUT2D eigenvalue weighted by atomic mass is 9.98. The van der Waals surface area contributed by atoms with Gasteiger partial charge in [-0.15, -0.1) is 11.8 Å². The van der Waals surface area contributed by atoms with E-state index in [0.29, 0.717) is 34.6 Å². The van der Waals surface area contributed by atoms with E-state index in [0.717, 1.165) is 38.0 Å². The molecule has 2 saturated heterocycles. The highest BCUT2D eigenvalue weighted by atomic mass is 35.5. The predicted octanol–water partition coefficient (Wildman–Crippen LogP) is 4.69. The number of likely N-dealkylation sites (tertiary alicyclic amines) is 1. The third-order valence-electron chi connectivity index (χ3n) is 6.09. The molecule has 0 N–H and O–H groups in total. The van der Waals surface area contributed by atoms with Gasteiger partial charge in [0.1, 0.15) is 0 Å². The zero-order valence-electron chi connectivity index (χ0n) is 15.3. The maximum Gasteiger partial charge on any atom is 0.253 e. The summed E-state index contributed by atoms with van der Waals surface area (Å²) < 4.78 is 0. The highest BCUT2D eigenvalue weighted by molar-refractivity contribution is 8.00. The number of carbonyl (C=O) groups is 2. The summed E-state index contributed by atoms with van der Waals surface area (Å²) in [5.74, 6) is 1.52. The lowest BCUT2D eigenvalue weighted by Gasteiger charge is -2.44. The first-order valence-electron chi connectivity index (χ1n) is 9.69. The molecule has 2 amide bonds. The average molecular weight is 427 g/mol. The van der Waals surface area contributed by atoms with Gasteiger partial charge in [0.15, 0.2) is 0 Å². The normalized spacial score (nSPS) is 22.6. The van der Waals surface area contributed by atoms with Crippen LogP contribution in [0, 0.1) is 5.92 Å². The number of rotatable bonds is 2. The highest BCUT2D eigenvalue weighted by Gasteiger charge is 2.48. The molecule has 0 bridgehead atoms. The van der Waals surface area contributed by atoms with Crippen molar-refractivity contribution in [2.24, 2.45) is 5.92 Å². The third-order valence-corrected chi connectivity index (χ3v) is 8.08.